The smallest absolute Gasteiger partial charge is 0.0504 e. The zero-order chi connectivity index (χ0) is 13.3. The molecule has 17 heavy (non-hydrogen) atoms. The van der Waals surface area contributed by atoms with Gasteiger partial charge >= 0.3 is 0 Å². The van der Waals surface area contributed by atoms with Crippen molar-refractivity contribution in [2.45, 2.75) is 39.5 Å². The van der Waals surface area contributed by atoms with Crippen LogP contribution in [0.4, 0.5) is 0 Å². The second-order valence-corrected chi connectivity index (χ2v) is 5.73. The summed E-state index contributed by atoms with van der Waals surface area (Å²) in [5, 5.41) is 34.4. The molecule has 0 aromatic carbocycles. The molecule has 0 saturated heterocycles. The summed E-state index contributed by atoms with van der Waals surface area (Å²) in [6.45, 7) is 4.35. The van der Waals surface area contributed by atoms with Gasteiger partial charge in [-0.3, -0.25) is 0 Å². The highest BCUT2D eigenvalue weighted by Gasteiger charge is 2.19. The van der Waals surface area contributed by atoms with Gasteiger partial charge < -0.3 is 20.4 Å². The van der Waals surface area contributed by atoms with Crippen LogP contribution in [0.1, 0.15) is 39.5 Å². The molecule has 0 spiro atoms. The Labute approximate surface area is 104 Å². The van der Waals surface area contributed by atoms with E-state index in [2.05, 4.69) is 0 Å². The molecule has 4 heteroatoms. The molecule has 1 rings (SSSR count). The molecule has 1 saturated carbocycles. The Hall–Kier alpha value is -0.160. The van der Waals surface area contributed by atoms with Gasteiger partial charge in [0.15, 0.2) is 0 Å². The fourth-order valence-corrected chi connectivity index (χ4v) is 1.65. The Balaban J connectivity index is 0.000000325. The monoisotopic (exact) mass is 248 g/mol. The van der Waals surface area contributed by atoms with Gasteiger partial charge in [-0.25, -0.2) is 0 Å². The maximum absolute atomic E-state index is 8.79. The quantitative estimate of drug-likeness (QED) is 0.592. The van der Waals surface area contributed by atoms with Crippen LogP contribution in [0, 0.1) is 17.3 Å². The summed E-state index contributed by atoms with van der Waals surface area (Å²) in [5.74, 6) is 1.03. The highest BCUT2D eigenvalue weighted by Crippen LogP contribution is 2.27. The topological polar surface area (TPSA) is 80.9 Å². The average Bonchev–Trinajstić information content (AvgIpc) is 2.39. The van der Waals surface area contributed by atoms with Crippen molar-refractivity contribution in [1.82, 2.24) is 0 Å². The van der Waals surface area contributed by atoms with Crippen molar-refractivity contribution in [3.8, 4) is 0 Å². The highest BCUT2D eigenvalue weighted by molar-refractivity contribution is 4.70. The Kier molecular flexibility index (Phi) is 8.78. The van der Waals surface area contributed by atoms with Crippen LogP contribution in [0.25, 0.3) is 0 Å². The SMILES string of the molecule is CC(C)(CO)CO.OCC1CCC(CO)CC1. The van der Waals surface area contributed by atoms with Gasteiger partial charge in [0.1, 0.15) is 0 Å². The van der Waals surface area contributed by atoms with E-state index in [-0.39, 0.29) is 18.6 Å². The Morgan fingerprint density at radius 2 is 1.06 bits per heavy atom. The molecule has 0 atom stereocenters. The lowest BCUT2D eigenvalue weighted by Crippen LogP contribution is -2.20. The van der Waals surface area contributed by atoms with E-state index in [0.29, 0.717) is 25.0 Å². The van der Waals surface area contributed by atoms with Crippen LogP contribution in [0.15, 0.2) is 0 Å². The highest BCUT2D eigenvalue weighted by atomic mass is 16.3. The largest absolute Gasteiger partial charge is 0.396 e. The van der Waals surface area contributed by atoms with E-state index in [0.717, 1.165) is 25.7 Å². The van der Waals surface area contributed by atoms with Crippen LogP contribution in [0.2, 0.25) is 0 Å². The maximum Gasteiger partial charge on any atom is 0.0504 e. The molecular weight excluding hydrogens is 220 g/mol. The molecule has 0 aromatic rings. The number of hydrogen-bond acceptors (Lipinski definition) is 4. The summed E-state index contributed by atoms with van der Waals surface area (Å²) in [6, 6.07) is 0. The van der Waals surface area contributed by atoms with Crippen molar-refractivity contribution < 1.29 is 20.4 Å². The molecule has 0 amide bonds. The third kappa shape index (κ3) is 7.71. The first kappa shape index (κ1) is 16.8. The molecule has 1 fully saturated rings. The second kappa shape index (κ2) is 8.86. The molecular formula is C13H28O4. The van der Waals surface area contributed by atoms with Crippen molar-refractivity contribution in [2.24, 2.45) is 17.3 Å². The first-order chi connectivity index (χ1) is 7.99. The number of aliphatic hydroxyl groups is 4. The molecule has 1 aliphatic rings. The van der Waals surface area contributed by atoms with Crippen LogP contribution in [0.3, 0.4) is 0 Å². The minimum absolute atomic E-state index is 0.0451. The molecule has 104 valence electrons. The van der Waals surface area contributed by atoms with Crippen LogP contribution in [0.5, 0.6) is 0 Å². The minimum Gasteiger partial charge on any atom is -0.396 e. The molecule has 4 nitrogen and oxygen atoms in total. The fourth-order valence-electron chi connectivity index (χ4n) is 1.65. The summed E-state index contributed by atoms with van der Waals surface area (Å²) >= 11 is 0. The van der Waals surface area contributed by atoms with Gasteiger partial charge in [-0.1, -0.05) is 13.8 Å². The molecule has 0 radical (unpaired) electrons. The zero-order valence-electron chi connectivity index (χ0n) is 11.1. The lowest BCUT2D eigenvalue weighted by Gasteiger charge is -2.25. The van der Waals surface area contributed by atoms with Crippen LogP contribution < -0.4 is 0 Å². The standard InChI is InChI=1S/C8H16O2.C5H12O2/c9-5-7-1-2-8(6-10)4-3-7;1-5(2,3-6)4-7/h7-10H,1-6H2;6-7H,3-4H2,1-2H3. The van der Waals surface area contributed by atoms with Crippen molar-refractivity contribution >= 4 is 0 Å². The normalized spacial score (nSPS) is 25.1. The second-order valence-electron chi connectivity index (χ2n) is 5.73. The van der Waals surface area contributed by atoms with Gasteiger partial charge in [0.05, 0.1) is 13.2 Å². The van der Waals surface area contributed by atoms with E-state index in [1.807, 2.05) is 0 Å². The zero-order valence-corrected chi connectivity index (χ0v) is 11.1. The van der Waals surface area contributed by atoms with E-state index >= 15 is 0 Å². The van der Waals surface area contributed by atoms with Gasteiger partial charge in [-0.05, 0) is 37.5 Å². The fraction of sp³-hybridized carbons (Fsp3) is 1.00. The van der Waals surface area contributed by atoms with Crippen LogP contribution >= 0.6 is 0 Å². The van der Waals surface area contributed by atoms with E-state index < -0.39 is 0 Å². The van der Waals surface area contributed by atoms with Gasteiger partial charge in [0, 0.05) is 18.6 Å². The Morgan fingerprint density at radius 1 is 0.765 bits per heavy atom. The Bertz CT molecular complexity index is 156. The molecule has 0 aromatic heterocycles. The molecule has 0 unspecified atom stereocenters. The average molecular weight is 248 g/mol. The van der Waals surface area contributed by atoms with Crippen LogP contribution in [-0.4, -0.2) is 46.9 Å². The molecule has 0 aliphatic heterocycles. The van der Waals surface area contributed by atoms with E-state index in [1.165, 1.54) is 0 Å². The summed E-state index contributed by atoms with van der Waals surface area (Å²) in [6.07, 6.45) is 4.40. The minimum atomic E-state index is -0.306. The number of aliphatic hydroxyl groups excluding tert-OH is 4. The summed E-state index contributed by atoms with van der Waals surface area (Å²) in [5.41, 5.74) is -0.306. The first-order valence-electron chi connectivity index (χ1n) is 6.42. The van der Waals surface area contributed by atoms with Gasteiger partial charge in [-0.15, -0.1) is 0 Å². The molecule has 1 aliphatic carbocycles. The van der Waals surface area contributed by atoms with E-state index in [4.69, 9.17) is 20.4 Å². The van der Waals surface area contributed by atoms with E-state index in [9.17, 15) is 0 Å². The van der Waals surface area contributed by atoms with Gasteiger partial charge in [-0.2, -0.15) is 0 Å². The molecule has 4 N–H and O–H groups in total. The Morgan fingerprint density at radius 3 is 1.18 bits per heavy atom. The van der Waals surface area contributed by atoms with Crippen molar-refractivity contribution in [3.63, 3.8) is 0 Å². The molecule has 0 bridgehead atoms. The summed E-state index contributed by atoms with van der Waals surface area (Å²) < 4.78 is 0. The summed E-state index contributed by atoms with van der Waals surface area (Å²) in [4.78, 5) is 0. The lowest BCUT2D eigenvalue weighted by atomic mass is 9.83. The third-order valence-electron chi connectivity index (χ3n) is 3.34. The predicted molar refractivity (Wildman–Crippen MR) is 67.6 cm³/mol. The van der Waals surface area contributed by atoms with Crippen LogP contribution in [-0.2, 0) is 0 Å². The number of rotatable bonds is 4. The summed E-state index contributed by atoms with van der Waals surface area (Å²) in [7, 11) is 0. The van der Waals surface area contributed by atoms with Crippen molar-refractivity contribution in [3.05, 3.63) is 0 Å². The maximum atomic E-state index is 8.79. The van der Waals surface area contributed by atoms with E-state index in [1.54, 1.807) is 13.8 Å². The third-order valence-corrected chi connectivity index (χ3v) is 3.34. The predicted octanol–water partition coefficient (Wildman–Crippen LogP) is 0.775. The van der Waals surface area contributed by atoms with Gasteiger partial charge in [0.2, 0.25) is 0 Å². The van der Waals surface area contributed by atoms with Crippen molar-refractivity contribution in [1.29, 1.82) is 0 Å². The van der Waals surface area contributed by atoms with Gasteiger partial charge in [0.25, 0.3) is 0 Å². The van der Waals surface area contributed by atoms with Crippen molar-refractivity contribution in [2.75, 3.05) is 26.4 Å². The number of hydrogen-bond donors (Lipinski definition) is 4. The first-order valence-corrected chi connectivity index (χ1v) is 6.42. The lowest BCUT2D eigenvalue weighted by molar-refractivity contribution is 0.0857. The molecule has 0 heterocycles.